The van der Waals surface area contributed by atoms with Crippen molar-refractivity contribution in [1.82, 2.24) is 19.6 Å². The summed E-state index contributed by atoms with van der Waals surface area (Å²) in [6, 6.07) is 9.22. The number of anilines is 2. The Morgan fingerprint density at radius 3 is 2.21 bits per heavy atom. The summed E-state index contributed by atoms with van der Waals surface area (Å²) < 4.78 is 7.50. The summed E-state index contributed by atoms with van der Waals surface area (Å²) in [4.78, 5) is 25.6. The van der Waals surface area contributed by atoms with E-state index in [0.717, 1.165) is 4.68 Å². The van der Waals surface area contributed by atoms with Crippen molar-refractivity contribution in [2.45, 2.75) is 17.0 Å². The van der Waals surface area contributed by atoms with Crippen molar-refractivity contribution in [2.24, 2.45) is 0 Å². The smallest absolute Gasteiger partial charge is 0.344 e. The normalized spacial score (nSPS) is 10.9. The SMILES string of the molecule is CCOC(=O)c1c(SC)nn(C(=O)c2c(SC)nn(-c3ccccc3)c2N)c1N. The van der Waals surface area contributed by atoms with E-state index in [0.29, 0.717) is 15.7 Å². The van der Waals surface area contributed by atoms with Gasteiger partial charge in [0.1, 0.15) is 32.8 Å². The molecular weight excluding hydrogens is 412 g/mol. The number of esters is 1. The average molecular weight is 433 g/mol. The summed E-state index contributed by atoms with van der Waals surface area (Å²) in [6.07, 6.45) is 3.52. The Hall–Kier alpha value is -2.92. The Balaban J connectivity index is 2.12. The summed E-state index contributed by atoms with van der Waals surface area (Å²) in [5.41, 5.74) is 13.3. The first-order valence-corrected chi connectivity index (χ1v) is 11.0. The van der Waals surface area contributed by atoms with Crippen LogP contribution in [0.2, 0.25) is 0 Å². The largest absolute Gasteiger partial charge is 0.462 e. The molecule has 0 atom stereocenters. The molecule has 0 spiro atoms. The number of aromatic nitrogens is 4. The number of para-hydroxylation sites is 1. The molecule has 0 aliphatic rings. The summed E-state index contributed by atoms with van der Waals surface area (Å²) in [5.74, 6) is -1.15. The number of nitrogens with two attached hydrogens (primary N) is 2. The number of nitrogens with zero attached hydrogens (tertiary/aromatic N) is 4. The Morgan fingerprint density at radius 2 is 1.62 bits per heavy atom. The van der Waals surface area contributed by atoms with Gasteiger partial charge in [-0.15, -0.1) is 23.5 Å². The van der Waals surface area contributed by atoms with Gasteiger partial charge in [-0.3, -0.25) is 4.79 Å². The van der Waals surface area contributed by atoms with Gasteiger partial charge >= 0.3 is 5.97 Å². The Morgan fingerprint density at radius 1 is 1.00 bits per heavy atom. The molecule has 1 aromatic carbocycles. The van der Waals surface area contributed by atoms with E-state index in [1.54, 1.807) is 19.4 Å². The van der Waals surface area contributed by atoms with Crippen molar-refractivity contribution >= 4 is 47.0 Å². The third kappa shape index (κ3) is 3.70. The summed E-state index contributed by atoms with van der Waals surface area (Å²) in [5, 5.41) is 9.38. The number of carbonyl (C=O) groups excluding carboxylic acids is 2. The zero-order valence-corrected chi connectivity index (χ0v) is 17.7. The van der Waals surface area contributed by atoms with Crippen LogP contribution >= 0.6 is 23.5 Å². The second-order valence-electron chi connectivity index (χ2n) is 5.72. The second-order valence-corrected chi connectivity index (χ2v) is 7.31. The van der Waals surface area contributed by atoms with Crippen molar-refractivity contribution in [3.63, 3.8) is 0 Å². The number of rotatable bonds is 6. The Kier molecular flexibility index (Phi) is 6.18. The van der Waals surface area contributed by atoms with Crippen molar-refractivity contribution in [3.8, 4) is 5.69 Å². The quantitative estimate of drug-likeness (QED) is 0.445. The van der Waals surface area contributed by atoms with Crippen LogP contribution in [-0.4, -0.2) is 50.6 Å². The van der Waals surface area contributed by atoms with Crippen molar-refractivity contribution in [3.05, 3.63) is 41.5 Å². The zero-order valence-electron chi connectivity index (χ0n) is 16.1. The Bertz CT molecular complexity index is 1060. The third-order valence-corrected chi connectivity index (χ3v) is 5.40. The van der Waals surface area contributed by atoms with Gasteiger partial charge in [0.15, 0.2) is 0 Å². The maximum absolute atomic E-state index is 13.3. The third-order valence-electron chi connectivity index (χ3n) is 4.05. The van der Waals surface area contributed by atoms with Gasteiger partial charge in [-0.25, -0.2) is 9.48 Å². The Labute approximate surface area is 175 Å². The monoisotopic (exact) mass is 432 g/mol. The molecule has 29 heavy (non-hydrogen) atoms. The van der Waals surface area contributed by atoms with Crippen LogP contribution in [0.4, 0.5) is 11.6 Å². The molecule has 0 radical (unpaired) electrons. The summed E-state index contributed by atoms with van der Waals surface area (Å²) >= 11 is 2.46. The molecule has 0 bridgehead atoms. The van der Waals surface area contributed by atoms with E-state index in [2.05, 4.69) is 10.2 Å². The van der Waals surface area contributed by atoms with E-state index in [1.165, 1.54) is 28.2 Å². The lowest BCUT2D eigenvalue weighted by molar-refractivity contribution is 0.0523. The van der Waals surface area contributed by atoms with Crippen molar-refractivity contribution in [1.29, 1.82) is 0 Å². The van der Waals surface area contributed by atoms with Gasteiger partial charge in [0.05, 0.1) is 12.3 Å². The molecule has 3 rings (SSSR count). The number of carbonyl (C=O) groups is 2. The van der Waals surface area contributed by atoms with Crippen LogP contribution in [0, 0.1) is 0 Å². The first-order valence-electron chi connectivity index (χ1n) is 8.56. The molecule has 2 heterocycles. The molecule has 0 fully saturated rings. The van der Waals surface area contributed by atoms with Crippen LogP contribution in [0.1, 0.15) is 27.6 Å². The number of benzene rings is 1. The number of thioether (sulfide) groups is 2. The highest BCUT2D eigenvalue weighted by atomic mass is 32.2. The van der Waals surface area contributed by atoms with Gasteiger partial charge in [0.25, 0.3) is 5.91 Å². The highest BCUT2D eigenvalue weighted by Crippen LogP contribution is 2.31. The van der Waals surface area contributed by atoms with Crippen molar-refractivity contribution in [2.75, 3.05) is 30.6 Å². The van der Waals surface area contributed by atoms with Gasteiger partial charge in [-0.2, -0.15) is 14.9 Å². The topological polar surface area (TPSA) is 131 Å². The molecule has 11 heteroatoms. The lowest BCUT2D eigenvalue weighted by atomic mass is 10.3. The van der Waals surface area contributed by atoms with Crippen LogP contribution in [0.5, 0.6) is 0 Å². The number of hydrogen-bond acceptors (Lipinski definition) is 9. The summed E-state index contributed by atoms with van der Waals surface area (Å²) in [6.45, 7) is 1.87. The molecule has 0 amide bonds. The van der Waals surface area contributed by atoms with E-state index in [-0.39, 0.29) is 29.4 Å². The maximum atomic E-state index is 13.3. The molecule has 0 unspecified atom stereocenters. The van der Waals surface area contributed by atoms with Gasteiger partial charge in [-0.1, -0.05) is 18.2 Å². The van der Waals surface area contributed by atoms with E-state index in [1.807, 2.05) is 30.3 Å². The lowest BCUT2D eigenvalue weighted by Gasteiger charge is -2.06. The molecule has 3 aromatic rings. The lowest BCUT2D eigenvalue weighted by Crippen LogP contribution is -2.19. The van der Waals surface area contributed by atoms with E-state index < -0.39 is 11.9 Å². The fourth-order valence-corrected chi connectivity index (χ4v) is 3.84. The molecular formula is C18H20N6O3S2. The average Bonchev–Trinajstić information content (AvgIpc) is 3.25. The van der Waals surface area contributed by atoms with E-state index in [4.69, 9.17) is 16.2 Å². The fourth-order valence-electron chi connectivity index (χ4n) is 2.73. The molecule has 0 saturated heterocycles. The van der Waals surface area contributed by atoms with Gasteiger partial charge < -0.3 is 16.2 Å². The molecule has 9 nitrogen and oxygen atoms in total. The van der Waals surface area contributed by atoms with Crippen LogP contribution < -0.4 is 11.5 Å². The standard InChI is InChI=1S/C18H20N6O3S2/c1-4-27-18(26)12-14(20)24(22-16(12)29-3)17(25)11-13(19)23(21-15(11)28-2)10-8-6-5-7-9-10/h5-9H,4,19-20H2,1-3H3. The molecule has 2 aromatic heterocycles. The van der Waals surface area contributed by atoms with E-state index in [9.17, 15) is 9.59 Å². The maximum Gasteiger partial charge on any atom is 0.344 e. The first-order chi connectivity index (χ1) is 13.9. The molecule has 0 aliphatic heterocycles. The number of hydrogen-bond donors (Lipinski definition) is 2. The van der Waals surface area contributed by atoms with Crippen LogP contribution in [0.25, 0.3) is 5.69 Å². The van der Waals surface area contributed by atoms with Gasteiger partial charge in [0.2, 0.25) is 0 Å². The minimum absolute atomic E-state index is 0.0624. The summed E-state index contributed by atoms with van der Waals surface area (Å²) in [7, 11) is 0. The van der Waals surface area contributed by atoms with Gasteiger partial charge in [0, 0.05) is 0 Å². The minimum Gasteiger partial charge on any atom is -0.462 e. The van der Waals surface area contributed by atoms with Crippen LogP contribution in [0.3, 0.4) is 0 Å². The first kappa shape index (κ1) is 20.8. The minimum atomic E-state index is -0.633. The zero-order chi connectivity index (χ0) is 21.1. The van der Waals surface area contributed by atoms with Crippen molar-refractivity contribution < 1.29 is 14.3 Å². The van der Waals surface area contributed by atoms with Crippen LogP contribution in [0.15, 0.2) is 40.4 Å². The number of nitrogen functional groups attached to an aromatic ring is 2. The fraction of sp³-hybridized carbons (Fsp3) is 0.222. The molecule has 152 valence electrons. The highest BCUT2D eigenvalue weighted by molar-refractivity contribution is 7.98. The predicted octanol–water partition coefficient (Wildman–Crippen LogP) is 2.54. The predicted molar refractivity (Wildman–Crippen MR) is 114 cm³/mol. The number of ether oxygens (including phenoxy) is 1. The van der Waals surface area contributed by atoms with Crippen LogP contribution in [-0.2, 0) is 4.74 Å². The molecule has 0 saturated carbocycles. The highest BCUT2D eigenvalue weighted by Gasteiger charge is 2.30. The molecule has 4 N–H and O–H groups in total. The van der Waals surface area contributed by atoms with Gasteiger partial charge in [-0.05, 0) is 31.6 Å². The second kappa shape index (κ2) is 8.62. The molecule has 0 aliphatic carbocycles. The van der Waals surface area contributed by atoms with E-state index >= 15 is 0 Å².